The number of fused-ring (bicyclic) bond motifs is 1. The average Bonchev–Trinajstić information content (AvgIpc) is 2.95. The third-order valence-electron chi connectivity index (χ3n) is 3.16. The summed E-state index contributed by atoms with van der Waals surface area (Å²) in [6, 6.07) is 9.71. The summed E-state index contributed by atoms with van der Waals surface area (Å²) in [7, 11) is 0. The van der Waals surface area contributed by atoms with Crippen molar-refractivity contribution in [3.8, 4) is 17.2 Å². The molecule has 0 unspecified atom stereocenters. The van der Waals surface area contributed by atoms with Crippen molar-refractivity contribution in [2.45, 2.75) is 6.61 Å². The maximum atomic E-state index is 14.1. The van der Waals surface area contributed by atoms with Crippen LogP contribution in [0, 0.1) is 17.1 Å². The highest BCUT2D eigenvalue weighted by molar-refractivity contribution is 5.93. The SMILES string of the molecule is Cl.N#Cc1cc(-c2cc(CO)ccc2F)c2nc[nH]c2c1. The Balaban J connectivity index is 0.00000161. The molecule has 21 heavy (non-hydrogen) atoms. The van der Waals surface area contributed by atoms with Gasteiger partial charge in [0.2, 0.25) is 0 Å². The van der Waals surface area contributed by atoms with Crippen molar-refractivity contribution in [3.63, 3.8) is 0 Å². The van der Waals surface area contributed by atoms with Gasteiger partial charge in [0, 0.05) is 11.1 Å². The normalized spacial score (nSPS) is 10.1. The number of benzene rings is 2. The van der Waals surface area contributed by atoms with Gasteiger partial charge in [-0.25, -0.2) is 9.37 Å². The van der Waals surface area contributed by atoms with Gasteiger partial charge in [-0.2, -0.15) is 5.26 Å². The van der Waals surface area contributed by atoms with Crippen LogP contribution in [0.5, 0.6) is 0 Å². The number of hydrogen-bond acceptors (Lipinski definition) is 3. The van der Waals surface area contributed by atoms with E-state index in [0.717, 1.165) is 0 Å². The number of aromatic amines is 1. The zero-order valence-corrected chi connectivity index (χ0v) is 11.6. The summed E-state index contributed by atoms with van der Waals surface area (Å²) in [5.74, 6) is -0.415. The van der Waals surface area contributed by atoms with Crippen molar-refractivity contribution in [2.24, 2.45) is 0 Å². The number of nitriles is 1. The van der Waals surface area contributed by atoms with Gasteiger partial charge in [0.15, 0.2) is 0 Å². The molecule has 0 saturated heterocycles. The minimum absolute atomic E-state index is 0. The Hall–Kier alpha value is -2.42. The van der Waals surface area contributed by atoms with Crippen LogP contribution in [0.4, 0.5) is 4.39 Å². The van der Waals surface area contributed by atoms with E-state index in [-0.39, 0.29) is 19.0 Å². The Morgan fingerprint density at radius 1 is 1.24 bits per heavy atom. The summed E-state index contributed by atoms with van der Waals surface area (Å²) >= 11 is 0. The second-order valence-corrected chi connectivity index (χ2v) is 4.41. The van der Waals surface area contributed by atoms with Crippen LogP contribution in [0.1, 0.15) is 11.1 Å². The highest BCUT2D eigenvalue weighted by atomic mass is 35.5. The summed E-state index contributed by atoms with van der Waals surface area (Å²) < 4.78 is 14.1. The fourth-order valence-electron chi connectivity index (χ4n) is 2.20. The van der Waals surface area contributed by atoms with Gasteiger partial charge in [0.25, 0.3) is 0 Å². The molecule has 0 amide bonds. The molecule has 0 aliphatic carbocycles. The summed E-state index contributed by atoms with van der Waals surface area (Å²) in [5.41, 5.74) is 3.16. The molecule has 0 atom stereocenters. The first-order chi connectivity index (χ1) is 9.72. The van der Waals surface area contributed by atoms with Crippen LogP contribution in [-0.2, 0) is 6.61 Å². The number of aliphatic hydroxyl groups is 1. The zero-order chi connectivity index (χ0) is 14.1. The Morgan fingerprint density at radius 3 is 2.76 bits per heavy atom. The maximum Gasteiger partial charge on any atom is 0.131 e. The maximum absolute atomic E-state index is 14.1. The minimum Gasteiger partial charge on any atom is -0.392 e. The lowest BCUT2D eigenvalue weighted by Gasteiger charge is -2.07. The first-order valence-corrected chi connectivity index (χ1v) is 6.00. The van der Waals surface area contributed by atoms with Crippen molar-refractivity contribution < 1.29 is 9.50 Å². The van der Waals surface area contributed by atoms with Crippen molar-refractivity contribution in [2.75, 3.05) is 0 Å². The molecular formula is C15H11ClFN3O. The number of imidazole rings is 1. The fourth-order valence-corrected chi connectivity index (χ4v) is 2.20. The minimum atomic E-state index is -0.415. The molecule has 1 heterocycles. The van der Waals surface area contributed by atoms with Gasteiger partial charge in [-0.3, -0.25) is 0 Å². The quantitative estimate of drug-likeness (QED) is 0.764. The molecule has 4 nitrogen and oxygen atoms in total. The van der Waals surface area contributed by atoms with Crippen LogP contribution in [0.2, 0.25) is 0 Å². The Labute approximate surface area is 126 Å². The van der Waals surface area contributed by atoms with E-state index in [4.69, 9.17) is 5.26 Å². The van der Waals surface area contributed by atoms with Crippen LogP contribution in [-0.4, -0.2) is 15.1 Å². The van der Waals surface area contributed by atoms with Crippen molar-refractivity contribution in [1.82, 2.24) is 9.97 Å². The molecule has 0 spiro atoms. The van der Waals surface area contributed by atoms with E-state index in [1.165, 1.54) is 18.5 Å². The first-order valence-electron chi connectivity index (χ1n) is 6.00. The molecule has 0 saturated carbocycles. The number of halogens is 2. The van der Waals surface area contributed by atoms with Gasteiger partial charge < -0.3 is 10.1 Å². The van der Waals surface area contributed by atoms with E-state index in [1.54, 1.807) is 18.2 Å². The molecule has 0 aliphatic heterocycles. The standard InChI is InChI=1S/C15H10FN3O.ClH/c16-13-2-1-9(7-20)3-11(13)12-4-10(6-17)5-14-15(12)19-8-18-14;/h1-5,8,20H,7H2,(H,18,19);1H. The second kappa shape index (κ2) is 5.92. The number of rotatable bonds is 2. The van der Waals surface area contributed by atoms with Gasteiger partial charge in [-0.05, 0) is 29.8 Å². The van der Waals surface area contributed by atoms with Gasteiger partial charge in [0.05, 0.1) is 35.6 Å². The zero-order valence-electron chi connectivity index (χ0n) is 10.8. The van der Waals surface area contributed by atoms with Crippen LogP contribution in [0.25, 0.3) is 22.2 Å². The molecule has 3 rings (SSSR count). The lowest BCUT2D eigenvalue weighted by molar-refractivity contribution is 0.282. The number of H-pyrrole nitrogens is 1. The van der Waals surface area contributed by atoms with Gasteiger partial charge in [-0.1, -0.05) is 6.07 Å². The van der Waals surface area contributed by atoms with Crippen LogP contribution >= 0.6 is 12.4 Å². The van der Waals surface area contributed by atoms with Crippen molar-refractivity contribution >= 4 is 23.4 Å². The highest BCUT2D eigenvalue weighted by Crippen LogP contribution is 2.30. The predicted octanol–water partition coefficient (Wildman–Crippen LogP) is 3.15. The molecule has 0 aliphatic rings. The van der Waals surface area contributed by atoms with E-state index >= 15 is 0 Å². The molecule has 1 aromatic heterocycles. The molecule has 2 aromatic carbocycles. The number of aromatic nitrogens is 2. The third kappa shape index (κ3) is 2.59. The van der Waals surface area contributed by atoms with Crippen LogP contribution in [0.3, 0.4) is 0 Å². The number of nitrogens with zero attached hydrogens (tertiary/aromatic N) is 2. The fraction of sp³-hybridized carbons (Fsp3) is 0.0667. The predicted molar refractivity (Wildman–Crippen MR) is 79.4 cm³/mol. The average molecular weight is 304 g/mol. The number of aliphatic hydroxyl groups excluding tert-OH is 1. The monoisotopic (exact) mass is 303 g/mol. The topological polar surface area (TPSA) is 72.7 Å². The molecule has 106 valence electrons. The molecule has 0 fully saturated rings. The van der Waals surface area contributed by atoms with Crippen molar-refractivity contribution in [1.29, 1.82) is 5.26 Å². The molecule has 6 heteroatoms. The van der Waals surface area contributed by atoms with E-state index in [2.05, 4.69) is 9.97 Å². The largest absolute Gasteiger partial charge is 0.392 e. The van der Waals surface area contributed by atoms with E-state index in [9.17, 15) is 9.50 Å². The number of nitrogens with one attached hydrogen (secondary N) is 1. The van der Waals surface area contributed by atoms with Crippen LogP contribution < -0.4 is 0 Å². The summed E-state index contributed by atoms with van der Waals surface area (Å²) in [4.78, 5) is 7.09. The molecule has 3 aromatic rings. The summed E-state index contributed by atoms with van der Waals surface area (Å²) in [5, 5.41) is 18.2. The summed E-state index contributed by atoms with van der Waals surface area (Å²) in [6.45, 7) is -0.172. The second-order valence-electron chi connectivity index (χ2n) is 4.41. The van der Waals surface area contributed by atoms with E-state index in [1.807, 2.05) is 6.07 Å². The molecule has 0 radical (unpaired) electrons. The van der Waals surface area contributed by atoms with Gasteiger partial charge >= 0.3 is 0 Å². The molecular weight excluding hydrogens is 293 g/mol. The smallest absolute Gasteiger partial charge is 0.131 e. The molecule has 2 N–H and O–H groups in total. The van der Waals surface area contributed by atoms with E-state index in [0.29, 0.717) is 33.3 Å². The lowest BCUT2D eigenvalue weighted by atomic mass is 9.99. The number of hydrogen-bond donors (Lipinski definition) is 2. The lowest BCUT2D eigenvalue weighted by Crippen LogP contribution is -1.91. The van der Waals surface area contributed by atoms with Gasteiger partial charge in [0.1, 0.15) is 5.82 Å². The summed E-state index contributed by atoms with van der Waals surface area (Å²) in [6.07, 6.45) is 1.50. The van der Waals surface area contributed by atoms with Gasteiger partial charge in [-0.15, -0.1) is 12.4 Å². The Kier molecular flexibility index (Phi) is 4.22. The Bertz CT molecular complexity index is 839. The highest BCUT2D eigenvalue weighted by Gasteiger charge is 2.13. The Morgan fingerprint density at radius 2 is 2.05 bits per heavy atom. The van der Waals surface area contributed by atoms with Crippen molar-refractivity contribution in [3.05, 3.63) is 53.6 Å². The van der Waals surface area contributed by atoms with Crippen LogP contribution in [0.15, 0.2) is 36.7 Å². The van der Waals surface area contributed by atoms with E-state index < -0.39 is 5.82 Å². The first kappa shape index (κ1) is 15.0. The molecule has 0 bridgehead atoms. The third-order valence-corrected chi connectivity index (χ3v) is 3.16.